The highest BCUT2D eigenvalue weighted by Gasteiger charge is 2.55. The molecule has 1 spiro atoms. The number of carbonyl (C=O) groups is 3. The van der Waals surface area contributed by atoms with Crippen LogP contribution in [0.1, 0.15) is 80.6 Å². The van der Waals surface area contributed by atoms with E-state index in [2.05, 4.69) is 29.3 Å². The number of likely N-dealkylation sites (tertiary alicyclic amines) is 1. The van der Waals surface area contributed by atoms with Gasteiger partial charge in [-0.25, -0.2) is 0 Å². The summed E-state index contributed by atoms with van der Waals surface area (Å²) in [6, 6.07) is 14.4. The molecule has 4 aliphatic rings. The van der Waals surface area contributed by atoms with Crippen molar-refractivity contribution < 1.29 is 29.0 Å². The minimum Gasteiger partial charge on any atom is -0.457 e. The maximum Gasteiger partial charge on any atom is 0.254 e. The fourth-order valence-electron chi connectivity index (χ4n) is 7.71. The monoisotopic (exact) mass is 646 g/mol. The highest BCUT2D eigenvalue weighted by Crippen LogP contribution is 2.36. The van der Waals surface area contributed by atoms with E-state index in [1.54, 1.807) is 12.1 Å². The van der Waals surface area contributed by atoms with E-state index in [0.29, 0.717) is 75.8 Å². The predicted molar refractivity (Wildman–Crippen MR) is 178 cm³/mol. The van der Waals surface area contributed by atoms with Gasteiger partial charge in [-0.15, -0.1) is 0 Å². The molecule has 3 amide bonds. The zero-order valence-corrected chi connectivity index (χ0v) is 27.7. The van der Waals surface area contributed by atoms with Crippen molar-refractivity contribution in [3.8, 4) is 11.5 Å². The van der Waals surface area contributed by atoms with Crippen LogP contribution in [0.3, 0.4) is 0 Å². The van der Waals surface area contributed by atoms with Crippen LogP contribution in [0, 0.1) is 5.92 Å². The van der Waals surface area contributed by atoms with Gasteiger partial charge in [0.1, 0.15) is 23.1 Å². The first-order valence-electron chi connectivity index (χ1n) is 17.6. The molecule has 3 saturated heterocycles. The van der Waals surface area contributed by atoms with E-state index in [9.17, 15) is 19.5 Å². The van der Waals surface area contributed by atoms with Gasteiger partial charge in [-0.05, 0) is 80.0 Å². The van der Waals surface area contributed by atoms with Crippen molar-refractivity contribution in [3.63, 3.8) is 0 Å². The maximum atomic E-state index is 13.9. The molecule has 1 saturated carbocycles. The van der Waals surface area contributed by atoms with E-state index in [-0.39, 0.29) is 23.6 Å². The zero-order valence-electron chi connectivity index (χ0n) is 27.7. The van der Waals surface area contributed by atoms with Crippen LogP contribution in [-0.4, -0.2) is 101 Å². The molecule has 3 heterocycles. The molecular weight excluding hydrogens is 596 g/mol. The Morgan fingerprint density at radius 2 is 1.60 bits per heavy atom. The number of piperidine rings is 1. The number of nitrogens with zero attached hydrogens (tertiary/aromatic N) is 3. The summed E-state index contributed by atoms with van der Waals surface area (Å²) in [6.07, 6.45) is 7.22. The van der Waals surface area contributed by atoms with Gasteiger partial charge in [-0.3, -0.25) is 19.3 Å². The van der Waals surface area contributed by atoms with Crippen molar-refractivity contribution in [2.45, 2.75) is 88.9 Å². The van der Waals surface area contributed by atoms with Crippen molar-refractivity contribution in [3.05, 3.63) is 59.7 Å². The van der Waals surface area contributed by atoms with E-state index in [0.717, 1.165) is 50.6 Å². The highest BCUT2D eigenvalue weighted by molar-refractivity contribution is 6.00. The molecular formula is C37H50N4O6. The Bertz CT molecular complexity index is 1360. The number of piperazine rings is 1. The normalized spacial score (nSPS) is 23.1. The first-order chi connectivity index (χ1) is 22.9. The van der Waals surface area contributed by atoms with E-state index >= 15 is 0 Å². The average molecular weight is 647 g/mol. The third-order valence-corrected chi connectivity index (χ3v) is 10.6. The van der Waals surface area contributed by atoms with Gasteiger partial charge in [0, 0.05) is 44.8 Å². The van der Waals surface area contributed by atoms with Gasteiger partial charge in [-0.1, -0.05) is 44.7 Å². The molecule has 0 aromatic heterocycles. The molecule has 10 heteroatoms. The zero-order chi connectivity index (χ0) is 32.8. The predicted octanol–water partition coefficient (Wildman–Crippen LogP) is 4.35. The largest absolute Gasteiger partial charge is 0.457 e. The van der Waals surface area contributed by atoms with Crippen LogP contribution in [0.4, 0.5) is 0 Å². The van der Waals surface area contributed by atoms with Crippen molar-refractivity contribution in [2.75, 3.05) is 45.9 Å². The van der Waals surface area contributed by atoms with E-state index < -0.39 is 17.7 Å². The van der Waals surface area contributed by atoms with Gasteiger partial charge in [-0.2, -0.15) is 0 Å². The van der Waals surface area contributed by atoms with Crippen LogP contribution in [-0.2, 0) is 20.9 Å². The van der Waals surface area contributed by atoms with Crippen LogP contribution in [0.15, 0.2) is 48.5 Å². The molecule has 254 valence electrons. The Morgan fingerprint density at radius 1 is 0.957 bits per heavy atom. The van der Waals surface area contributed by atoms with Crippen molar-refractivity contribution in [1.29, 1.82) is 0 Å². The Balaban J connectivity index is 1.03. The SMILES string of the molecule is CCCCN1C(=O)[C@@H]([C@H](O)C2CCCCC2)NC(=O)C12CCN(Cc1ccc(Oc3ccc(C(=O)N4CCOCC4)cc3)cc1)CC2. The number of rotatable bonds is 10. The molecule has 0 bridgehead atoms. The number of hydrogen-bond acceptors (Lipinski definition) is 7. The summed E-state index contributed by atoms with van der Waals surface area (Å²) in [4.78, 5) is 46.4. The van der Waals surface area contributed by atoms with Crippen LogP contribution < -0.4 is 10.1 Å². The molecule has 1 aliphatic carbocycles. The summed E-state index contributed by atoms with van der Waals surface area (Å²) in [5.74, 6) is 1.24. The van der Waals surface area contributed by atoms with E-state index in [4.69, 9.17) is 9.47 Å². The fraction of sp³-hybridized carbons (Fsp3) is 0.595. The Labute approximate surface area is 278 Å². The second kappa shape index (κ2) is 15.2. The summed E-state index contributed by atoms with van der Waals surface area (Å²) in [7, 11) is 0. The number of ether oxygens (including phenoxy) is 2. The molecule has 0 unspecified atom stereocenters. The second-order valence-corrected chi connectivity index (χ2v) is 13.7. The number of amides is 3. The Morgan fingerprint density at radius 3 is 2.23 bits per heavy atom. The minimum atomic E-state index is -0.856. The first-order valence-corrected chi connectivity index (χ1v) is 17.6. The molecule has 2 atom stereocenters. The molecule has 0 radical (unpaired) electrons. The molecule has 6 rings (SSSR count). The van der Waals surface area contributed by atoms with Gasteiger partial charge in [0.05, 0.1) is 19.3 Å². The van der Waals surface area contributed by atoms with Crippen LogP contribution in [0.25, 0.3) is 0 Å². The molecule has 2 N–H and O–H groups in total. The van der Waals surface area contributed by atoms with Crippen molar-refractivity contribution in [2.24, 2.45) is 5.92 Å². The van der Waals surface area contributed by atoms with E-state index in [1.165, 1.54) is 6.42 Å². The molecule has 2 aromatic carbocycles. The topological polar surface area (TPSA) is 112 Å². The average Bonchev–Trinajstić information content (AvgIpc) is 3.12. The summed E-state index contributed by atoms with van der Waals surface area (Å²) >= 11 is 0. The van der Waals surface area contributed by atoms with Crippen LogP contribution in [0.2, 0.25) is 0 Å². The number of hydrogen-bond donors (Lipinski definition) is 2. The van der Waals surface area contributed by atoms with Gasteiger partial charge in [0.15, 0.2) is 0 Å². The maximum absolute atomic E-state index is 13.9. The van der Waals surface area contributed by atoms with Crippen LogP contribution >= 0.6 is 0 Å². The lowest BCUT2D eigenvalue weighted by Crippen LogP contribution is -2.75. The number of aliphatic hydroxyl groups is 1. The second-order valence-electron chi connectivity index (χ2n) is 13.7. The summed E-state index contributed by atoms with van der Waals surface area (Å²) in [5.41, 5.74) is 0.923. The van der Waals surface area contributed by atoms with E-state index in [1.807, 2.05) is 34.1 Å². The molecule has 2 aromatic rings. The van der Waals surface area contributed by atoms with Crippen molar-refractivity contribution >= 4 is 17.7 Å². The number of benzene rings is 2. The number of unbranched alkanes of at least 4 members (excludes halogenated alkanes) is 1. The molecule has 10 nitrogen and oxygen atoms in total. The fourth-order valence-corrected chi connectivity index (χ4v) is 7.71. The van der Waals surface area contributed by atoms with Gasteiger partial charge >= 0.3 is 0 Å². The quantitative estimate of drug-likeness (QED) is 0.395. The van der Waals surface area contributed by atoms with Crippen LogP contribution in [0.5, 0.6) is 11.5 Å². The number of morpholine rings is 1. The lowest BCUT2D eigenvalue weighted by molar-refractivity contribution is -0.166. The smallest absolute Gasteiger partial charge is 0.254 e. The van der Waals surface area contributed by atoms with Gasteiger partial charge in [0.2, 0.25) is 11.8 Å². The van der Waals surface area contributed by atoms with Gasteiger partial charge in [0.25, 0.3) is 5.91 Å². The first kappa shape index (κ1) is 33.4. The highest BCUT2D eigenvalue weighted by atomic mass is 16.5. The third-order valence-electron chi connectivity index (χ3n) is 10.6. The Hall–Kier alpha value is -3.47. The lowest BCUT2D eigenvalue weighted by atomic mass is 9.78. The standard InChI is InChI=1S/C37H50N4O6/c1-2-3-19-41-35(44)32(33(42)28-7-5-4-6-8-28)38-36(45)37(41)17-20-39(21-18-37)26-27-9-13-30(14-10-27)47-31-15-11-29(12-16-31)34(43)40-22-24-46-25-23-40/h9-16,28,32-33,42H,2-8,17-26H2,1H3,(H,38,45)/t32-,33-/m1/s1. The summed E-state index contributed by atoms with van der Waals surface area (Å²) < 4.78 is 11.4. The molecule has 3 aliphatic heterocycles. The summed E-state index contributed by atoms with van der Waals surface area (Å²) in [5, 5.41) is 14.2. The number of aliphatic hydroxyl groups excluding tert-OH is 1. The van der Waals surface area contributed by atoms with Gasteiger partial charge < -0.3 is 29.7 Å². The third kappa shape index (κ3) is 7.50. The minimum absolute atomic E-state index is 0.00914. The molecule has 47 heavy (non-hydrogen) atoms. The number of nitrogens with one attached hydrogen (secondary N) is 1. The number of carbonyl (C=O) groups excluding carboxylic acids is 3. The Kier molecular flexibility index (Phi) is 10.8. The van der Waals surface area contributed by atoms with Crippen molar-refractivity contribution in [1.82, 2.24) is 20.0 Å². The molecule has 4 fully saturated rings. The summed E-state index contributed by atoms with van der Waals surface area (Å²) in [6.45, 7) is 7.15. The lowest BCUT2D eigenvalue weighted by Gasteiger charge is -2.52.